The van der Waals surface area contributed by atoms with Gasteiger partial charge in [-0.05, 0) is 68.7 Å². The van der Waals surface area contributed by atoms with Crippen molar-refractivity contribution in [2.24, 2.45) is 11.8 Å². The molecule has 1 nitrogen and oxygen atoms in total. The quantitative estimate of drug-likeness (QED) is 0.573. The molecule has 0 saturated heterocycles. The van der Waals surface area contributed by atoms with Gasteiger partial charge in [0.1, 0.15) is 0 Å². The van der Waals surface area contributed by atoms with Gasteiger partial charge in [0, 0.05) is 11.5 Å². The van der Waals surface area contributed by atoms with E-state index >= 15 is 0 Å². The van der Waals surface area contributed by atoms with E-state index in [9.17, 15) is 0 Å². The zero-order valence-corrected chi connectivity index (χ0v) is 11.9. The van der Waals surface area contributed by atoms with E-state index in [1.165, 1.54) is 32.1 Å². The van der Waals surface area contributed by atoms with Gasteiger partial charge >= 0.3 is 0 Å². The summed E-state index contributed by atoms with van der Waals surface area (Å²) in [4.78, 5) is 0. The maximum Gasteiger partial charge on any atom is 0.0991 e. The molecule has 0 amide bonds. The Morgan fingerprint density at radius 2 is 1.75 bits per heavy atom. The lowest BCUT2D eigenvalue weighted by atomic mass is 9.80. The van der Waals surface area contributed by atoms with Gasteiger partial charge in [0.25, 0.3) is 0 Å². The normalized spacial score (nSPS) is 21.4. The van der Waals surface area contributed by atoms with Crippen LogP contribution in [0.3, 0.4) is 0 Å². The maximum atomic E-state index is 8.76. The average molecular weight is 263 g/mol. The van der Waals surface area contributed by atoms with Gasteiger partial charge in [0.05, 0.1) is 11.6 Å². The molecular weight excluding hydrogens is 242 g/mol. The fourth-order valence-electron chi connectivity index (χ4n) is 2.76. The van der Waals surface area contributed by atoms with E-state index in [0.717, 1.165) is 17.9 Å². The fraction of sp³-hybridized carbons (Fsp3) is 0.421. The molecule has 20 heavy (non-hydrogen) atoms. The van der Waals surface area contributed by atoms with Crippen LogP contribution in [0.4, 0.5) is 0 Å². The van der Waals surface area contributed by atoms with Gasteiger partial charge in [-0.3, -0.25) is 0 Å². The highest BCUT2D eigenvalue weighted by Gasteiger charge is 2.18. The molecule has 0 N–H and O–H groups in total. The Morgan fingerprint density at radius 3 is 2.35 bits per heavy atom. The predicted molar refractivity (Wildman–Crippen MR) is 82.9 cm³/mol. The SMILES string of the molecule is C=CCC[C@H]1CC[C@H](C#Cc2ccc(C#N)cc2)CC1. The van der Waals surface area contributed by atoms with Gasteiger partial charge in [-0.1, -0.05) is 17.9 Å². The van der Waals surface area contributed by atoms with Crippen LogP contribution in [0.1, 0.15) is 49.7 Å². The van der Waals surface area contributed by atoms with E-state index in [4.69, 9.17) is 5.26 Å². The van der Waals surface area contributed by atoms with Gasteiger partial charge in [-0.15, -0.1) is 6.58 Å². The van der Waals surface area contributed by atoms with Gasteiger partial charge in [0.15, 0.2) is 0 Å². The van der Waals surface area contributed by atoms with Gasteiger partial charge < -0.3 is 0 Å². The Hall–Kier alpha value is -1.99. The number of rotatable bonds is 3. The summed E-state index contributed by atoms with van der Waals surface area (Å²) in [5, 5.41) is 8.76. The van der Waals surface area contributed by atoms with Crippen molar-refractivity contribution in [2.45, 2.75) is 38.5 Å². The highest BCUT2D eigenvalue weighted by Crippen LogP contribution is 2.31. The van der Waals surface area contributed by atoms with Crippen LogP contribution in [-0.2, 0) is 0 Å². The summed E-state index contributed by atoms with van der Waals surface area (Å²) < 4.78 is 0. The number of hydrogen-bond donors (Lipinski definition) is 0. The minimum atomic E-state index is 0.547. The van der Waals surface area contributed by atoms with Crippen molar-refractivity contribution in [2.75, 3.05) is 0 Å². The van der Waals surface area contributed by atoms with Crippen molar-refractivity contribution in [1.29, 1.82) is 5.26 Å². The van der Waals surface area contributed by atoms with Crippen LogP contribution < -0.4 is 0 Å². The molecule has 0 bridgehead atoms. The standard InChI is InChI=1S/C19H21N/c1-2-3-4-16-5-7-17(8-6-16)9-10-18-11-13-19(15-20)14-12-18/h2,11-14,16-17H,1,3-8H2/t16-,17-. The zero-order valence-electron chi connectivity index (χ0n) is 11.9. The molecule has 0 spiro atoms. The van der Waals surface area contributed by atoms with Crippen LogP contribution in [-0.4, -0.2) is 0 Å². The third-order valence-electron chi connectivity index (χ3n) is 4.06. The van der Waals surface area contributed by atoms with Crippen LogP contribution >= 0.6 is 0 Å². The van der Waals surface area contributed by atoms with Crippen LogP contribution in [0, 0.1) is 35.0 Å². The Balaban J connectivity index is 1.84. The van der Waals surface area contributed by atoms with Gasteiger partial charge in [-0.25, -0.2) is 0 Å². The number of benzene rings is 1. The van der Waals surface area contributed by atoms with Crippen molar-refractivity contribution < 1.29 is 0 Å². The molecule has 1 aromatic rings. The highest BCUT2D eigenvalue weighted by atomic mass is 14.2. The van der Waals surface area contributed by atoms with Crippen molar-refractivity contribution in [3.05, 3.63) is 48.0 Å². The third-order valence-corrected chi connectivity index (χ3v) is 4.06. The Labute approximate surface area is 122 Å². The second-order valence-electron chi connectivity index (χ2n) is 5.54. The molecule has 1 aliphatic carbocycles. The Kier molecular flexibility index (Phi) is 5.45. The molecule has 0 aliphatic heterocycles. The first-order valence-electron chi connectivity index (χ1n) is 7.44. The first-order valence-corrected chi connectivity index (χ1v) is 7.44. The lowest BCUT2D eigenvalue weighted by Crippen LogP contribution is -2.13. The smallest absolute Gasteiger partial charge is 0.0991 e. The molecule has 1 heteroatoms. The van der Waals surface area contributed by atoms with E-state index in [2.05, 4.69) is 24.5 Å². The first-order chi connectivity index (χ1) is 9.81. The fourth-order valence-corrected chi connectivity index (χ4v) is 2.76. The molecule has 1 aromatic carbocycles. The maximum absolute atomic E-state index is 8.76. The largest absolute Gasteiger partial charge is 0.192 e. The number of allylic oxidation sites excluding steroid dienone is 1. The Bertz CT molecular complexity index is 528. The molecule has 1 fully saturated rings. The molecule has 0 heterocycles. The molecule has 1 saturated carbocycles. The van der Waals surface area contributed by atoms with Crippen molar-refractivity contribution in [3.63, 3.8) is 0 Å². The topological polar surface area (TPSA) is 23.8 Å². The predicted octanol–water partition coefficient (Wildman–Crippen LogP) is 4.68. The summed E-state index contributed by atoms with van der Waals surface area (Å²) in [7, 11) is 0. The van der Waals surface area contributed by atoms with E-state index in [1.807, 2.05) is 30.3 Å². The van der Waals surface area contributed by atoms with Crippen LogP contribution in [0.5, 0.6) is 0 Å². The third kappa shape index (κ3) is 4.29. The molecule has 102 valence electrons. The summed E-state index contributed by atoms with van der Waals surface area (Å²) in [6.07, 6.45) is 9.53. The molecule has 0 unspecified atom stereocenters. The molecule has 0 aromatic heterocycles. The summed E-state index contributed by atoms with van der Waals surface area (Å²) in [6, 6.07) is 9.65. The lowest BCUT2D eigenvalue weighted by molar-refractivity contribution is 0.303. The van der Waals surface area contributed by atoms with E-state index in [0.29, 0.717) is 11.5 Å². The van der Waals surface area contributed by atoms with Crippen molar-refractivity contribution >= 4 is 0 Å². The summed E-state index contributed by atoms with van der Waals surface area (Å²) >= 11 is 0. The molecule has 0 radical (unpaired) electrons. The minimum absolute atomic E-state index is 0.547. The Morgan fingerprint density at radius 1 is 1.10 bits per heavy atom. The van der Waals surface area contributed by atoms with Gasteiger partial charge in [-0.2, -0.15) is 5.26 Å². The monoisotopic (exact) mass is 263 g/mol. The first kappa shape index (κ1) is 14.4. The van der Waals surface area contributed by atoms with Crippen LogP contribution in [0.2, 0.25) is 0 Å². The number of nitriles is 1. The van der Waals surface area contributed by atoms with E-state index < -0.39 is 0 Å². The van der Waals surface area contributed by atoms with E-state index in [1.54, 1.807) is 0 Å². The second-order valence-corrected chi connectivity index (χ2v) is 5.54. The zero-order chi connectivity index (χ0) is 14.2. The lowest BCUT2D eigenvalue weighted by Gasteiger charge is -2.25. The highest BCUT2D eigenvalue weighted by molar-refractivity contribution is 5.40. The van der Waals surface area contributed by atoms with Crippen molar-refractivity contribution in [1.82, 2.24) is 0 Å². The second kappa shape index (κ2) is 7.56. The molecule has 0 atom stereocenters. The van der Waals surface area contributed by atoms with Gasteiger partial charge in [0.2, 0.25) is 0 Å². The minimum Gasteiger partial charge on any atom is -0.192 e. The molecular formula is C19H21N. The summed E-state index contributed by atoms with van der Waals surface area (Å²) in [5.74, 6) is 8.07. The summed E-state index contributed by atoms with van der Waals surface area (Å²) in [6.45, 7) is 3.79. The average Bonchev–Trinajstić information content (AvgIpc) is 2.52. The number of nitrogens with zero attached hydrogens (tertiary/aromatic N) is 1. The molecule has 2 rings (SSSR count). The van der Waals surface area contributed by atoms with Crippen LogP contribution in [0.15, 0.2) is 36.9 Å². The van der Waals surface area contributed by atoms with Crippen LogP contribution in [0.25, 0.3) is 0 Å². The molecule has 1 aliphatic rings. The van der Waals surface area contributed by atoms with E-state index in [-0.39, 0.29) is 0 Å². The summed E-state index contributed by atoms with van der Waals surface area (Å²) in [5.41, 5.74) is 1.70. The number of hydrogen-bond acceptors (Lipinski definition) is 1. The van der Waals surface area contributed by atoms with Crippen molar-refractivity contribution in [3.8, 4) is 17.9 Å².